The molecule has 1 nitrogen and oxygen atoms in total. The molecule has 9 heavy (non-hydrogen) atoms. The van der Waals surface area contributed by atoms with Crippen LogP contribution < -0.4 is 5.73 Å². The minimum atomic E-state index is -0.198. The van der Waals surface area contributed by atoms with Gasteiger partial charge in [0.1, 0.15) is 0 Å². The number of rotatable bonds is 3. The van der Waals surface area contributed by atoms with Gasteiger partial charge in [0.05, 0.1) is 0 Å². The maximum Gasteiger partial charge on any atom is 0.0345 e. The van der Waals surface area contributed by atoms with Crippen molar-refractivity contribution < 1.29 is 0 Å². The first-order valence-corrected chi connectivity index (χ1v) is 3.16. The molecule has 1 atom stereocenters. The van der Waals surface area contributed by atoms with E-state index in [0.717, 1.165) is 6.42 Å². The van der Waals surface area contributed by atoms with E-state index in [2.05, 4.69) is 6.58 Å². The number of hydrogen-bond acceptors (Lipinski definition) is 1. The SMILES string of the molecule is C=CCC(C)(N)/C=C/C. The normalized spacial score (nSPS) is 17.7. The molecule has 0 rings (SSSR count). The minimum absolute atomic E-state index is 0.198. The molecule has 0 aromatic heterocycles. The van der Waals surface area contributed by atoms with Gasteiger partial charge >= 0.3 is 0 Å². The number of nitrogens with two attached hydrogens (primary N) is 1. The lowest BCUT2D eigenvalue weighted by molar-refractivity contribution is 0.594. The van der Waals surface area contributed by atoms with Crippen LogP contribution in [-0.2, 0) is 0 Å². The zero-order valence-electron chi connectivity index (χ0n) is 6.22. The van der Waals surface area contributed by atoms with Gasteiger partial charge in [0, 0.05) is 5.54 Å². The van der Waals surface area contributed by atoms with Gasteiger partial charge in [-0.1, -0.05) is 18.2 Å². The highest BCUT2D eigenvalue weighted by atomic mass is 14.7. The van der Waals surface area contributed by atoms with E-state index in [-0.39, 0.29) is 5.54 Å². The lowest BCUT2D eigenvalue weighted by Crippen LogP contribution is -2.32. The second kappa shape index (κ2) is 3.46. The smallest absolute Gasteiger partial charge is 0.0345 e. The van der Waals surface area contributed by atoms with E-state index in [1.165, 1.54) is 0 Å². The first kappa shape index (κ1) is 8.44. The van der Waals surface area contributed by atoms with Crippen LogP contribution >= 0.6 is 0 Å². The fourth-order valence-corrected chi connectivity index (χ4v) is 0.760. The highest BCUT2D eigenvalue weighted by Crippen LogP contribution is 2.06. The summed E-state index contributed by atoms with van der Waals surface area (Å²) in [6.07, 6.45) is 6.61. The van der Waals surface area contributed by atoms with Crippen molar-refractivity contribution in [3.63, 3.8) is 0 Å². The molecule has 0 saturated carbocycles. The van der Waals surface area contributed by atoms with Crippen molar-refractivity contribution in [1.29, 1.82) is 0 Å². The highest BCUT2D eigenvalue weighted by Gasteiger charge is 2.09. The topological polar surface area (TPSA) is 26.0 Å². The molecule has 0 spiro atoms. The predicted molar refractivity (Wildman–Crippen MR) is 42.2 cm³/mol. The quantitative estimate of drug-likeness (QED) is 0.572. The molecule has 0 aliphatic carbocycles. The second-order valence-electron chi connectivity index (χ2n) is 2.50. The lowest BCUT2D eigenvalue weighted by atomic mass is 9.99. The van der Waals surface area contributed by atoms with Crippen LogP contribution in [0, 0.1) is 0 Å². The van der Waals surface area contributed by atoms with Crippen molar-refractivity contribution in [3.8, 4) is 0 Å². The average molecular weight is 125 g/mol. The van der Waals surface area contributed by atoms with Gasteiger partial charge in [0.15, 0.2) is 0 Å². The minimum Gasteiger partial charge on any atom is -0.322 e. The summed E-state index contributed by atoms with van der Waals surface area (Å²) in [5.41, 5.74) is 5.58. The van der Waals surface area contributed by atoms with Gasteiger partial charge < -0.3 is 5.73 Å². The van der Waals surface area contributed by atoms with Crippen LogP contribution in [-0.4, -0.2) is 5.54 Å². The molecular formula is C8H15N. The maximum absolute atomic E-state index is 5.78. The molecule has 0 amide bonds. The molecule has 1 unspecified atom stereocenters. The number of hydrogen-bond donors (Lipinski definition) is 1. The van der Waals surface area contributed by atoms with Gasteiger partial charge in [0.2, 0.25) is 0 Å². The fraction of sp³-hybridized carbons (Fsp3) is 0.500. The Labute approximate surface area is 57.3 Å². The second-order valence-corrected chi connectivity index (χ2v) is 2.50. The van der Waals surface area contributed by atoms with Gasteiger partial charge in [-0.05, 0) is 20.3 Å². The van der Waals surface area contributed by atoms with Crippen LogP contribution in [0.4, 0.5) is 0 Å². The molecule has 0 fully saturated rings. The average Bonchev–Trinajstić information content (AvgIpc) is 1.64. The van der Waals surface area contributed by atoms with Gasteiger partial charge in [-0.3, -0.25) is 0 Å². The third-order valence-electron chi connectivity index (χ3n) is 1.13. The van der Waals surface area contributed by atoms with E-state index in [0.29, 0.717) is 0 Å². The highest BCUT2D eigenvalue weighted by molar-refractivity contribution is 5.03. The fourth-order valence-electron chi connectivity index (χ4n) is 0.760. The van der Waals surface area contributed by atoms with Crippen molar-refractivity contribution in [2.24, 2.45) is 5.73 Å². The number of allylic oxidation sites excluding steroid dienone is 1. The predicted octanol–water partition coefficient (Wildman–Crippen LogP) is 1.86. The van der Waals surface area contributed by atoms with Crippen LogP contribution in [0.5, 0.6) is 0 Å². The van der Waals surface area contributed by atoms with E-state index in [9.17, 15) is 0 Å². The molecule has 0 aromatic carbocycles. The van der Waals surface area contributed by atoms with E-state index in [4.69, 9.17) is 5.73 Å². The third-order valence-corrected chi connectivity index (χ3v) is 1.13. The Bertz CT molecular complexity index is 112. The molecule has 0 heterocycles. The summed E-state index contributed by atoms with van der Waals surface area (Å²) < 4.78 is 0. The first-order valence-electron chi connectivity index (χ1n) is 3.16. The van der Waals surface area contributed by atoms with E-state index < -0.39 is 0 Å². The largest absolute Gasteiger partial charge is 0.322 e. The lowest BCUT2D eigenvalue weighted by Gasteiger charge is -2.16. The summed E-state index contributed by atoms with van der Waals surface area (Å²) in [5, 5.41) is 0. The van der Waals surface area contributed by atoms with Crippen molar-refractivity contribution in [2.45, 2.75) is 25.8 Å². The van der Waals surface area contributed by atoms with Gasteiger partial charge in [-0.15, -0.1) is 6.58 Å². The molecule has 0 bridgehead atoms. The molecular weight excluding hydrogens is 110 g/mol. The Balaban J connectivity index is 3.84. The first-order chi connectivity index (χ1) is 4.12. The Morgan fingerprint density at radius 2 is 2.22 bits per heavy atom. The Morgan fingerprint density at radius 3 is 2.56 bits per heavy atom. The molecule has 0 saturated heterocycles. The van der Waals surface area contributed by atoms with Crippen LogP contribution in [0.1, 0.15) is 20.3 Å². The summed E-state index contributed by atoms with van der Waals surface area (Å²) in [5.74, 6) is 0. The monoisotopic (exact) mass is 125 g/mol. The molecule has 0 aromatic rings. The van der Waals surface area contributed by atoms with Crippen molar-refractivity contribution in [1.82, 2.24) is 0 Å². The van der Waals surface area contributed by atoms with Gasteiger partial charge in [-0.2, -0.15) is 0 Å². The van der Waals surface area contributed by atoms with Gasteiger partial charge in [0.25, 0.3) is 0 Å². The molecule has 0 aliphatic heterocycles. The summed E-state index contributed by atoms with van der Waals surface area (Å²) >= 11 is 0. The molecule has 0 aliphatic rings. The zero-order chi connectivity index (χ0) is 7.33. The third kappa shape index (κ3) is 3.98. The Kier molecular flexibility index (Phi) is 3.25. The van der Waals surface area contributed by atoms with Crippen molar-refractivity contribution >= 4 is 0 Å². The molecule has 52 valence electrons. The zero-order valence-corrected chi connectivity index (χ0v) is 6.22. The van der Waals surface area contributed by atoms with E-state index in [1.54, 1.807) is 0 Å². The van der Waals surface area contributed by atoms with Crippen LogP contribution in [0.15, 0.2) is 24.8 Å². The maximum atomic E-state index is 5.78. The van der Waals surface area contributed by atoms with Crippen molar-refractivity contribution in [3.05, 3.63) is 24.8 Å². The molecule has 0 radical (unpaired) electrons. The summed E-state index contributed by atoms with van der Waals surface area (Å²) in [4.78, 5) is 0. The van der Waals surface area contributed by atoms with Crippen LogP contribution in [0.25, 0.3) is 0 Å². The Morgan fingerprint density at radius 1 is 1.67 bits per heavy atom. The molecule has 1 heteroatoms. The Hall–Kier alpha value is -0.560. The summed E-state index contributed by atoms with van der Waals surface area (Å²) in [7, 11) is 0. The standard InChI is InChI=1S/C8H15N/c1-4-6-8(3,9)7-5-2/h4-5,7H,1,6,9H2,2-3H3/b7-5+. The van der Waals surface area contributed by atoms with Crippen LogP contribution in [0.2, 0.25) is 0 Å². The van der Waals surface area contributed by atoms with E-state index in [1.807, 2.05) is 32.1 Å². The molecule has 2 N–H and O–H groups in total. The van der Waals surface area contributed by atoms with Crippen molar-refractivity contribution in [2.75, 3.05) is 0 Å². The summed E-state index contributed by atoms with van der Waals surface area (Å²) in [6, 6.07) is 0. The van der Waals surface area contributed by atoms with E-state index >= 15 is 0 Å². The summed E-state index contributed by atoms with van der Waals surface area (Å²) in [6.45, 7) is 7.56. The van der Waals surface area contributed by atoms with Crippen LogP contribution in [0.3, 0.4) is 0 Å². The van der Waals surface area contributed by atoms with Gasteiger partial charge in [-0.25, -0.2) is 0 Å².